The average molecular weight is 547 g/mol. The zero-order valence-corrected chi connectivity index (χ0v) is 20.7. The maximum atomic E-state index is 14.3. The lowest BCUT2D eigenvalue weighted by Gasteiger charge is -2.33. The second-order valence-electron chi connectivity index (χ2n) is 8.80. The number of benzene rings is 1. The van der Waals surface area contributed by atoms with Crippen molar-refractivity contribution in [1.82, 2.24) is 24.6 Å². The fourth-order valence-electron chi connectivity index (χ4n) is 4.29. The van der Waals surface area contributed by atoms with Gasteiger partial charge in [0, 0.05) is 32.1 Å². The molecule has 4 amide bonds. The summed E-state index contributed by atoms with van der Waals surface area (Å²) in [5.41, 5.74) is 0.672. The van der Waals surface area contributed by atoms with Crippen molar-refractivity contribution in [2.24, 2.45) is 0 Å². The Bertz CT molecular complexity index is 1260. The third-order valence-corrected chi connectivity index (χ3v) is 6.54. The van der Waals surface area contributed by atoms with Gasteiger partial charge in [-0.15, -0.1) is 0 Å². The molecule has 0 saturated carbocycles. The monoisotopic (exact) mass is 546 g/mol. The predicted molar refractivity (Wildman–Crippen MR) is 122 cm³/mol. The maximum absolute atomic E-state index is 14.3. The maximum Gasteiger partial charge on any atom is 0.322 e. The SMILES string of the molecule is C[C@@H]1Cc2nn3c(c2CN1C(=O)Nc1ccc(F)c(Cl)c1F)C(=O)N(C)O[C@H](C(=O)N(C)CC(F)F)C3. The highest BCUT2D eigenvalue weighted by molar-refractivity contribution is 6.31. The number of alkyl halides is 2. The number of halogens is 5. The summed E-state index contributed by atoms with van der Waals surface area (Å²) in [6.07, 6.45) is -3.80. The van der Waals surface area contributed by atoms with Gasteiger partial charge in [-0.2, -0.15) is 5.10 Å². The van der Waals surface area contributed by atoms with E-state index in [1.54, 1.807) is 6.92 Å². The Labute approximate surface area is 213 Å². The molecule has 2 aliphatic heterocycles. The van der Waals surface area contributed by atoms with Crippen LogP contribution in [0.5, 0.6) is 0 Å². The molecule has 0 fully saturated rings. The van der Waals surface area contributed by atoms with E-state index in [0.717, 1.165) is 22.1 Å². The van der Waals surface area contributed by atoms with Gasteiger partial charge in [0.1, 0.15) is 16.5 Å². The standard InChI is InChI=1S/C22H23ClF4N6O4/c1-10-6-14-11(7-32(10)22(36)28-13-5-4-12(24)17(23)18(13)27)19-21(35)31(3)37-15(8-33(19)29-14)20(34)30(2)9-16(25)26/h4-5,10,15-16H,6-9H2,1-3H3,(H,28,36)/t10-,15+/m1/s1. The highest BCUT2D eigenvalue weighted by Crippen LogP contribution is 2.30. The number of carbonyl (C=O) groups is 3. The molecule has 2 atom stereocenters. The van der Waals surface area contributed by atoms with Crippen LogP contribution < -0.4 is 5.32 Å². The summed E-state index contributed by atoms with van der Waals surface area (Å²) >= 11 is 5.59. The number of nitrogens with one attached hydrogen (secondary N) is 1. The van der Waals surface area contributed by atoms with Crippen molar-refractivity contribution in [2.75, 3.05) is 26.0 Å². The van der Waals surface area contributed by atoms with Crippen LogP contribution in [-0.4, -0.2) is 81.7 Å². The van der Waals surface area contributed by atoms with E-state index in [2.05, 4.69) is 10.4 Å². The lowest BCUT2D eigenvalue weighted by Crippen LogP contribution is -2.45. The van der Waals surface area contributed by atoms with Gasteiger partial charge in [0.25, 0.3) is 18.2 Å². The molecule has 1 aromatic heterocycles. The fraction of sp³-hybridized carbons (Fsp3) is 0.455. The smallest absolute Gasteiger partial charge is 0.322 e. The Morgan fingerprint density at radius 3 is 2.70 bits per heavy atom. The molecule has 37 heavy (non-hydrogen) atoms. The number of hydrogen-bond acceptors (Lipinski definition) is 5. The van der Waals surface area contributed by atoms with E-state index >= 15 is 0 Å². The van der Waals surface area contributed by atoms with Crippen molar-refractivity contribution in [3.8, 4) is 0 Å². The molecule has 4 rings (SSSR count). The van der Waals surface area contributed by atoms with Crippen molar-refractivity contribution in [3.05, 3.63) is 45.7 Å². The van der Waals surface area contributed by atoms with Gasteiger partial charge in [-0.3, -0.25) is 19.1 Å². The van der Waals surface area contributed by atoms with Gasteiger partial charge in [-0.1, -0.05) is 11.6 Å². The molecular formula is C22H23ClF4N6O4. The minimum absolute atomic E-state index is 0.0741. The molecule has 15 heteroatoms. The molecule has 2 aliphatic rings. The summed E-state index contributed by atoms with van der Waals surface area (Å²) in [4.78, 5) is 46.4. The molecule has 2 aromatic rings. The first-order valence-corrected chi connectivity index (χ1v) is 11.5. The van der Waals surface area contributed by atoms with Crippen LogP contribution in [0.2, 0.25) is 5.02 Å². The third-order valence-electron chi connectivity index (χ3n) is 6.20. The zero-order valence-electron chi connectivity index (χ0n) is 20.0. The van der Waals surface area contributed by atoms with Gasteiger partial charge >= 0.3 is 6.03 Å². The number of aromatic nitrogens is 2. The number of carbonyl (C=O) groups excluding carboxylic acids is 3. The van der Waals surface area contributed by atoms with Crippen LogP contribution >= 0.6 is 11.6 Å². The average Bonchev–Trinajstić information content (AvgIpc) is 3.12. The summed E-state index contributed by atoms with van der Waals surface area (Å²) in [5, 5.41) is 6.88. The molecule has 0 unspecified atom stereocenters. The number of urea groups is 1. The van der Waals surface area contributed by atoms with Gasteiger partial charge in [0.2, 0.25) is 0 Å². The van der Waals surface area contributed by atoms with Gasteiger partial charge in [0.05, 0.1) is 31.0 Å². The summed E-state index contributed by atoms with van der Waals surface area (Å²) < 4.78 is 54.6. The van der Waals surface area contributed by atoms with Gasteiger partial charge in [0.15, 0.2) is 11.9 Å². The summed E-state index contributed by atoms with van der Waals surface area (Å²) in [6.45, 7) is 0.617. The Morgan fingerprint density at radius 2 is 2.03 bits per heavy atom. The van der Waals surface area contributed by atoms with E-state index in [0.29, 0.717) is 11.3 Å². The molecule has 0 radical (unpaired) electrons. The second-order valence-corrected chi connectivity index (χ2v) is 9.17. The van der Waals surface area contributed by atoms with Crippen molar-refractivity contribution in [2.45, 2.75) is 45.0 Å². The topological polar surface area (TPSA) is 100 Å². The van der Waals surface area contributed by atoms with Crippen LogP contribution in [0.15, 0.2) is 12.1 Å². The number of fused-ring (bicyclic) bond motifs is 3. The van der Waals surface area contributed by atoms with Crippen LogP contribution in [0.4, 0.5) is 28.0 Å². The molecule has 200 valence electrons. The second kappa shape index (κ2) is 10.2. The minimum Gasteiger partial charge on any atom is -0.338 e. The largest absolute Gasteiger partial charge is 0.338 e. The molecule has 3 heterocycles. The van der Waals surface area contributed by atoms with Crippen LogP contribution in [-0.2, 0) is 29.1 Å². The van der Waals surface area contributed by atoms with E-state index in [9.17, 15) is 31.9 Å². The predicted octanol–water partition coefficient (Wildman–Crippen LogP) is 2.90. The quantitative estimate of drug-likeness (QED) is 0.470. The van der Waals surface area contributed by atoms with E-state index in [-0.39, 0.29) is 30.9 Å². The number of likely N-dealkylation sites (N-methyl/N-ethyl adjacent to an activating group) is 1. The van der Waals surface area contributed by atoms with E-state index in [1.165, 1.54) is 23.7 Å². The van der Waals surface area contributed by atoms with E-state index in [4.69, 9.17) is 16.4 Å². The Balaban J connectivity index is 1.60. The molecule has 0 saturated heterocycles. The van der Waals surface area contributed by atoms with Gasteiger partial charge in [-0.05, 0) is 19.1 Å². The zero-order chi connectivity index (χ0) is 27.2. The van der Waals surface area contributed by atoms with Gasteiger partial charge in [-0.25, -0.2) is 27.4 Å². The Morgan fingerprint density at radius 1 is 1.32 bits per heavy atom. The Kier molecular flexibility index (Phi) is 7.33. The number of hydroxylamine groups is 2. The van der Waals surface area contributed by atoms with Crippen LogP contribution in [0.25, 0.3) is 0 Å². The lowest BCUT2D eigenvalue weighted by molar-refractivity contribution is -0.177. The minimum atomic E-state index is -2.75. The fourth-order valence-corrected chi connectivity index (χ4v) is 4.46. The molecule has 0 bridgehead atoms. The number of hydrogen-bond donors (Lipinski definition) is 1. The van der Waals surface area contributed by atoms with Crippen molar-refractivity contribution >= 4 is 35.1 Å². The van der Waals surface area contributed by atoms with Crippen molar-refractivity contribution in [3.63, 3.8) is 0 Å². The summed E-state index contributed by atoms with van der Waals surface area (Å²) in [5.74, 6) is -3.50. The highest BCUT2D eigenvalue weighted by atomic mass is 35.5. The highest BCUT2D eigenvalue weighted by Gasteiger charge is 2.40. The molecule has 10 nitrogen and oxygen atoms in total. The molecule has 1 aromatic carbocycles. The van der Waals surface area contributed by atoms with E-state index in [1.807, 2.05) is 0 Å². The first-order chi connectivity index (χ1) is 17.4. The van der Waals surface area contributed by atoms with Gasteiger partial charge < -0.3 is 15.1 Å². The molecule has 0 aliphatic carbocycles. The third kappa shape index (κ3) is 5.07. The first kappa shape index (κ1) is 26.7. The molecule has 1 N–H and O–H groups in total. The van der Waals surface area contributed by atoms with Crippen LogP contribution in [0.3, 0.4) is 0 Å². The summed E-state index contributed by atoms with van der Waals surface area (Å²) in [6, 6.07) is 0.816. The number of nitrogens with zero attached hydrogens (tertiary/aromatic N) is 5. The normalized spacial score (nSPS) is 19.4. The first-order valence-electron chi connectivity index (χ1n) is 11.2. The van der Waals surface area contributed by atoms with E-state index < -0.39 is 59.6 Å². The van der Waals surface area contributed by atoms with Crippen LogP contribution in [0, 0.1) is 11.6 Å². The molecular weight excluding hydrogens is 524 g/mol. The number of anilines is 1. The lowest BCUT2D eigenvalue weighted by atomic mass is 9.99. The number of rotatable bonds is 4. The molecule has 0 spiro atoms. The van der Waals surface area contributed by atoms with Crippen LogP contribution in [0.1, 0.15) is 28.7 Å². The Hall–Kier alpha value is -3.39. The number of amides is 4. The van der Waals surface area contributed by atoms with Crippen molar-refractivity contribution < 1.29 is 36.8 Å². The van der Waals surface area contributed by atoms with Crippen molar-refractivity contribution in [1.29, 1.82) is 0 Å². The summed E-state index contributed by atoms with van der Waals surface area (Å²) in [7, 11) is 2.48.